The van der Waals surface area contributed by atoms with E-state index in [4.69, 9.17) is 9.57 Å². The Morgan fingerprint density at radius 1 is 1.05 bits per heavy atom. The summed E-state index contributed by atoms with van der Waals surface area (Å²) >= 11 is 0. The third-order valence-corrected chi connectivity index (χ3v) is 5.96. The molecule has 0 aliphatic carbocycles. The maximum absolute atomic E-state index is 15.6. The quantitative estimate of drug-likeness (QED) is 0.289. The summed E-state index contributed by atoms with van der Waals surface area (Å²) in [5, 5.41) is 10.8. The molecule has 0 saturated carbocycles. The number of pyridine rings is 3. The van der Waals surface area contributed by atoms with Gasteiger partial charge in [-0.05, 0) is 64.9 Å². The van der Waals surface area contributed by atoms with Gasteiger partial charge in [-0.1, -0.05) is 19.9 Å². The highest BCUT2D eigenvalue weighted by molar-refractivity contribution is 5.97. The number of ether oxygens (including phenoxy) is 1. The van der Waals surface area contributed by atoms with Gasteiger partial charge in [-0.3, -0.25) is 4.98 Å². The average molecular weight is 532 g/mol. The van der Waals surface area contributed by atoms with Crippen molar-refractivity contribution in [2.24, 2.45) is 0 Å². The lowest BCUT2D eigenvalue weighted by atomic mass is 10.0. The second kappa shape index (κ2) is 10.4. The summed E-state index contributed by atoms with van der Waals surface area (Å²) in [6, 6.07) is 10.1. The number of hydrogen-bond donors (Lipinski definition) is 1. The van der Waals surface area contributed by atoms with Crippen LogP contribution in [0.5, 0.6) is 5.75 Å². The van der Waals surface area contributed by atoms with Crippen molar-refractivity contribution < 1.29 is 23.1 Å². The molecule has 39 heavy (non-hydrogen) atoms. The van der Waals surface area contributed by atoms with Crippen LogP contribution in [0.1, 0.15) is 41.4 Å². The van der Waals surface area contributed by atoms with Crippen LogP contribution in [-0.4, -0.2) is 43.2 Å². The predicted octanol–water partition coefficient (Wildman–Crippen LogP) is 5.01. The van der Waals surface area contributed by atoms with Crippen LogP contribution in [0, 0.1) is 18.6 Å². The Hall–Kier alpha value is -5.00. The van der Waals surface area contributed by atoms with Crippen LogP contribution >= 0.6 is 0 Å². The molecular weight excluding hydrogens is 508 g/mol. The minimum Gasteiger partial charge on any atom is -0.496 e. The van der Waals surface area contributed by atoms with Crippen LogP contribution in [0.2, 0.25) is 0 Å². The highest BCUT2D eigenvalue weighted by atomic mass is 19.1. The number of fused-ring (bicyclic) bond motifs is 1. The third-order valence-electron chi connectivity index (χ3n) is 5.96. The fourth-order valence-corrected chi connectivity index (χ4v) is 4.05. The molecule has 5 rings (SSSR count). The molecular formula is C27H23F2N7O3. The Bertz CT molecular complexity index is 1700. The molecule has 0 saturated heterocycles. The second-order valence-electron chi connectivity index (χ2n) is 8.89. The van der Waals surface area contributed by atoms with Gasteiger partial charge in [0.25, 0.3) is 0 Å². The molecule has 4 heterocycles. The molecule has 1 N–H and O–H groups in total. The van der Waals surface area contributed by atoms with Gasteiger partial charge < -0.3 is 14.9 Å². The zero-order valence-electron chi connectivity index (χ0n) is 21.4. The summed E-state index contributed by atoms with van der Waals surface area (Å²) in [5.74, 6) is -2.73. The van der Waals surface area contributed by atoms with Gasteiger partial charge in [0.05, 0.1) is 24.1 Å². The molecule has 10 nitrogen and oxygen atoms in total. The van der Waals surface area contributed by atoms with Gasteiger partial charge in [0.2, 0.25) is 5.65 Å². The van der Waals surface area contributed by atoms with Gasteiger partial charge in [0.1, 0.15) is 34.2 Å². The highest BCUT2D eigenvalue weighted by Crippen LogP contribution is 2.36. The average Bonchev–Trinajstić information content (AvgIpc) is 3.33. The number of methoxy groups -OCH3 is 1. The van der Waals surface area contributed by atoms with E-state index in [1.54, 1.807) is 24.4 Å². The van der Waals surface area contributed by atoms with E-state index in [-0.39, 0.29) is 40.0 Å². The highest BCUT2D eigenvalue weighted by Gasteiger charge is 2.26. The molecule has 4 aromatic heterocycles. The molecule has 1 aromatic carbocycles. The van der Waals surface area contributed by atoms with Crippen molar-refractivity contribution in [1.82, 2.24) is 30.1 Å². The molecule has 198 valence electrons. The minimum absolute atomic E-state index is 0.00182. The van der Waals surface area contributed by atoms with Crippen LogP contribution in [0.25, 0.3) is 22.4 Å². The summed E-state index contributed by atoms with van der Waals surface area (Å²) in [6.45, 7) is 5.77. The Labute approximate surface area is 221 Å². The first-order valence-electron chi connectivity index (χ1n) is 11.9. The SMILES string of the molecule is COc1cccc(F)c1-c1nc(Nc2c(C)ccnc2C(C)C)c(C(=O)On2nnc3cccnc32)cc1F. The maximum Gasteiger partial charge on any atom is 0.369 e. The standard InChI is InChI=1S/C27H23F2N7O3/c1-14(2)22-23(15(3)10-12-30-22)32-25-16(27(37)39-36-26-19(34-35-36)8-6-11-31-26)13-18(29)24(33-25)21-17(28)7-5-9-20(21)38-4/h5-14H,1-4H3,(H,32,33). The lowest BCUT2D eigenvalue weighted by molar-refractivity contribution is 0.0405. The number of aryl methyl sites for hydroxylation is 1. The van der Waals surface area contributed by atoms with Crippen molar-refractivity contribution in [1.29, 1.82) is 0 Å². The Morgan fingerprint density at radius 3 is 2.64 bits per heavy atom. The summed E-state index contributed by atoms with van der Waals surface area (Å²) < 4.78 is 35.7. The van der Waals surface area contributed by atoms with Crippen LogP contribution in [0.4, 0.5) is 20.3 Å². The maximum atomic E-state index is 15.6. The van der Waals surface area contributed by atoms with E-state index in [9.17, 15) is 9.18 Å². The van der Waals surface area contributed by atoms with Crippen LogP contribution in [-0.2, 0) is 0 Å². The first-order valence-corrected chi connectivity index (χ1v) is 11.9. The summed E-state index contributed by atoms with van der Waals surface area (Å²) in [7, 11) is 1.34. The van der Waals surface area contributed by atoms with Crippen molar-refractivity contribution in [3.8, 4) is 17.0 Å². The zero-order chi connectivity index (χ0) is 27.7. The van der Waals surface area contributed by atoms with E-state index >= 15 is 4.39 Å². The van der Waals surface area contributed by atoms with E-state index in [2.05, 4.69) is 30.6 Å². The number of carbonyl (C=O) groups excluding carboxylic acids is 1. The van der Waals surface area contributed by atoms with E-state index in [0.717, 1.165) is 16.5 Å². The monoisotopic (exact) mass is 531 g/mol. The largest absolute Gasteiger partial charge is 0.496 e. The Kier molecular flexibility index (Phi) is 6.84. The predicted molar refractivity (Wildman–Crippen MR) is 139 cm³/mol. The fraction of sp³-hybridized carbons (Fsp3) is 0.185. The fourth-order valence-electron chi connectivity index (χ4n) is 4.05. The first kappa shape index (κ1) is 25.6. The number of rotatable bonds is 7. The van der Waals surface area contributed by atoms with E-state index in [0.29, 0.717) is 16.9 Å². The van der Waals surface area contributed by atoms with Crippen molar-refractivity contribution in [3.63, 3.8) is 0 Å². The van der Waals surface area contributed by atoms with E-state index in [1.165, 1.54) is 31.5 Å². The first-order chi connectivity index (χ1) is 18.8. The van der Waals surface area contributed by atoms with Gasteiger partial charge in [0.15, 0.2) is 5.82 Å². The molecule has 0 unspecified atom stereocenters. The molecule has 0 atom stereocenters. The molecule has 0 fully saturated rings. The number of nitrogens with zero attached hydrogens (tertiary/aromatic N) is 6. The molecule has 0 radical (unpaired) electrons. The van der Waals surface area contributed by atoms with Gasteiger partial charge in [-0.2, -0.15) is 0 Å². The van der Waals surface area contributed by atoms with Gasteiger partial charge in [-0.25, -0.2) is 23.5 Å². The van der Waals surface area contributed by atoms with Crippen molar-refractivity contribution in [2.45, 2.75) is 26.7 Å². The Balaban J connectivity index is 1.67. The van der Waals surface area contributed by atoms with E-state index < -0.39 is 17.6 Å². The smallest absolute Gasteiger partial charge is 0.369 e. The molecule has 12 heteroatoms. The normalized spacial score (nSPS) is 11.2. The summed E-state index contributed by atoms with van der Waals surface area (Å²) in [4.78, 5) is 32.5. The molecule has 0 aliphatic heterocycles. The van der Waals surface area contributed by atoms with E-state index in [1.807, 2.05) is 20.8 Å². The van der Waals surface area contributed by atoms with Crippen LogP contribution in [0.3, 0.4) is 0 Å². The number of halogens is 2. The van der Waals surface area contributed by atoms with Crippen molar-refractivity contribution in [2.75, 3.05) is 12.4 Å². The minimum atomic E-state index is -0.999. The topological polar surface area (TPSA) is 117 Å². The number of anilines is 2. The number of benzene rings is 1. The molecule has 0 amide bonds. The zero-order valence-corrected chi connectivity index (χ0v) is 21.4. The number of carbonyl (C=O) groups is 1. The third kappa shape index (κ3) is 4.83. The van der Waals surface area contributed by atoms with Crippen LogP contribution < -0.4 is 14.9 Å². The Morgan fingerprint density at radius 2 is 1.87 bits per heavy atom. The molecule has 5 aromatic rings. The molecule has 0 bridgehead atoms. The van der Waals surface area contributed by atoms with Gasteiger partial charge in [0, 0.05) is 12.4 Å². The van der Waals surface area contributed by atoms with Crippen molar-refractivity contribution in [3.05, 3.63) is 83.3 Å². The van der Waals surface area contributed by atoms with Gasteiger partial charge in [-0.15, -0.1) is 5.10 Å². The number of hydrogen-bond acceptors (Lipinski definition) is 9. The number of aromatic nitrogens is 6. The summed E-state index contributed by atoms with van der Waals surface area (Å²) in [6.07, 6.45) is 3.15. The number of nitrogens with one attached hydrogen (secondary N) is 1. The lowest BCUT2D eigenvalue weighted by Crippen LogP contribution is -2.23. The van der Waals surface area contributed by atoms with Gasteiger partial charge >= 0.3 is 5.97 Å². The van der Waals surface area contributed by atoms with Crippen molar-refractivity contribution >= 4 is 28.6 Å². The lowest BCUT2D eigenvalue weighted by Gasteiger charge is -2.19. The second-order valence-corrected chi connectivity index (χ2v) is 8.89. The summed E-state index contributed by atoms with van der Waals surface area (Å²) in [5.41, 5.74) is 1.81. The molecule has 0 spiro atoms. The molecule has 0 aliphatic rings. The van der Waals surface area contributed by atoms with Crippen LogP contribution in [0.15, 0.2) is 54.9 Å².